The number of nitrogen functional groups attached to an aromatic ring is 2. The van der Waals surface area contributed by atoms with Crippen LogP contribution in [0.5, 0.6) is 0 Å². The van der Waals surface area contributed by atoms with Crippen LogP contribution in [0.1, 0.15) is 12.6 Å². The Morgan fingerprint density at radius 2 is 2.06 bits per heavy atom. The van der Waals surface area contributed by atoms with Crippen LogP contribution in [-0.4, -0.2) is 19.7 Å². The van der Waals surface area contributed by atoms with E-state index in [1.807, 2.05) is 20.2 Å². The van der Waals surface area contributed by atoms with Crippen LogP contribution in [0, 0.1) is 0 Å². The summed E-state index contributed by atoms with van der Waals surface area (Å²) in [5.74, 6) is 0.550. The van der Waals surface area contributed by atoms with E-state index in [0.29, 0.717) is 5.82 Å². The Morgan fingerprint density at radius 1 is 1.31 bits per heavy atom. The van der Waals surface area contributed by atoms with Gasteiger partial charge in [0, 0.05) is 24.9 Å². The van der Waals surface area contributed by atoms with Crippen LogP contribution >= 0.6 is 0 Å². The minimum atomic E-state index is 0.181. The number of hydrogen-bond acceptors (Lipinski definition) is 5. The maximum atomic E-state index is 5.64. The highest BCUT2D eigenvalue weighted by Crippen LogP contribution is 2.22. The predicted octanol–water partition coefficient (Wildman–Crippen LogP) is 0.604. The molecule has 0 fully saturated rings. The first kappa shape index (κ1) is 10.4. The minimum Gasteiger partial charge on any atom is -0.384 e. The highest BCUT2D eigenvalue weighted by molar-refractivity contribution is 5.65. The number of nitrogens with zero attached hydrogens (tertiary/aromatic N) is 4. The van der Waals surface area contributed by atoms with Gasteiger partial charge in [-0.1, -0.05) is 6.92 Å². The van der Waals surface area contributed by atoms with Crippen molar-refractivity contribution in [3.63, 3.8) is 0 Å². The van der Waals surface area contributed by atoms with Gasteiger partial charge in [-0.15, -0.1) is 0 Å². The Hall–Kier alpha value is -2.11. The summed E-state index contributed by atoms with van der Waals surface area (Å²) < 4.78 is 1.75. The Kier molecular flexibility index (Phi) is 2.47. The molecule has 0 atom stereocenters. The molecule has 0 aliphatic rings. The quantitative estimate of drug-likeness (QED) is 0.769. The van der Waals surface area contributed by atoms with E-state index in [9.17, 15) is 0 Å². The molecule has 2 heterocycles. The molecule has 0 unspecified atom stereocenters. The maximum Gasteiger partial charge on any atom is 0.222 e. The molecule has 2 aromatic heterocycles. The average Bonchev–Trinajstić information content (AvgIpc) is 2.58. The first-order chi connectivity index (χ1) is 7.60. The summed E-state index contributed by atoms with van der Waals surface area (Å²) in [6.45, 7) is 2.04. The van der Waals surface area contributed by atoms with E-state index in [4.69, 9.17) is 11.5 Å². The molecule has 6 nitrogen and oxygen atoms in total. The highest BCUT2D eigenvalue weighted by atomic mass is 15.3. The fourth-order valence-electron chi connectivity index (χ4n) is 1.63. The summed E-state index contributed by atoms with van der Waals surface area (Å²) in [6.07, 6.45) is 2.74. The van der Waals surface area contributed by atoms with Crippen molar-refractivity contribution >= 4 is 11.8 Å². The van der Waals surface area contributed by atoms with Crippen molar-refractivity contribution in [2.75, 3.05) is 11.5 Å². The van der Waals surface area contributed by atoms with E-state index in [2.05, 4.69) is 15.1 Å². The number of nitrogens with two attached hydrogens (primary N) is 2. The summed E-state index contributed by atoms with van der Waals surface area (Å²) in [6, 6.07) is 1.70. The van der Waals surface area contributed by atoms with Crippen LogP contribution in [0.25, 0.3) is 11.3 Å². The molecule has 84 valence electrons. The van der Waals surface area contributed by atoms with Gasteiger partial charge in [0.15, 0.2) is 0 Å². The number of aromatic nitrogens is 4. The van der Waals surface area contributed by atoms with Crippen molar-refractivity contribution in [2.24, 2.45) is 7.05 Å². The molecule has 0 aliphatic carbocycles. The number of hydrogen-bond donors (Lipinski definition) is 2. The molecular formula is C10H14N6. The van der Waals surface area contributed by atoms with Gasteiger partial charge in [0.1, 0.15) is 5.82 Å². The van der Waals surface area contributed by atoms with Crippen molar-refractivity contribution in [3.8, 4) is 11.3 Å². The molecule has 0 bridgehead atoms. The molecule has 0 amide bonds. The summed E-state index contributed by atoms with van der Waals surface area (Å²) in [4.78, 5) is 8.00. The second-order valence-electron chi connectivity index (χ2n) is 3.55. The predicted molar refractivity (Wildman–Crippen MR) is 62.4 cm³/mol. The average molecular weight is 218 g/mol. The summed E-state index contributed by atoms with van der Waals surface area (Å²) >= 11 is 0. The Balaban J connectivity index is 2.57. The third kappa shape index (κ3) is 1.81. The second kappa shape index (κ2) is 3.80. The van der Waals surface area contributed by atoms with Gasteiger partial charge in [-0.2, -0.15) is 10.1 Å². The van der Waals surface area contributed by atoms with Gasteiger partial charge in [0.25, 0.3) is 0 Å². The lowest BCUT2D eigenvalue weighted by atomic mass is 10.1. The van der Waals surface area contributed by atoms with E-state index in [1.165, 1.54) is 0 Å². The minimum absolute atomic E-state index is 0.181. The van der Waals surface area contributed by atoms with Crippen LogP contribution in [0.2, 0.25) is 0 Å². The van der Waals surface area contributed by atoms with Gasteiger partial charge in [0.05, 0.1) is 11.4 Å². The van der Waals surface area contributed by atoms with Crippen molar-refractivity contribution in [1.29, 1.82) is 0 Å². The van der Waals surface area contributed by atoms with Gasteiger partial charge < -0.3 is 11.5 Å². The van der Waals surface area contributed by atoms with E-state index in [-0.39, 0.29) is 5.95 Å². The zero-order valence-corrected chi connectivity index (χ0v) is 9.31. The lowest BCUT2D eigenvalue weighted by molar-refractivity contribution is 0.746. The van der Waals surface area contributed by atoms with Crippen molar-refractivity contribution in [2.45, 2.75) is 13.3 Å². The van der Waals surface area contributed by atoms with Gasteiger partial charge in [0.2, 0.25) is 5.95 Å². The molecule has 0 radical (unpaired) electrons. The topological polar surface area (TPSA) is 95.6 Å². The van der Waals surface area contributed by atoms with Crippen molar-refractivity contribution in [1.82, 2.24) is 19.7 Å². The third-order valence-corrected chi connectivity index (χ3v) is 2.28. The maximum absolute atomic E-state index is 5.64. The fourth-order valence-corrected chi connectivity index (χ4v) is 1.63. The zero-order valence-electron chi connectivity index (χ0n) is 9.31. The van der Waals surface area contributed by atoms with Gasteiger partial charge in [-0.05, 0) is 6.42 Å². The van der Waals surface area contributed by atoms with E-state index in [0.717, 1.165) is 23.4 Å². The van der Waals surface area contributed by atoms with Crippen LogP contribution in [0.3, 0.4) is 0 Å². The Morgan fingerprint density at radius 3 is 2.69 bits per heavy atom. The largest absolute Gasteiger partial charge is 0.384 e. The normalized spacial score (nSPS) is 10.6. The summed E-state index contributed by atoms with van der Waals surface area (Å²) in [5, 5.41) is 4.34. The van der Waals surface area contributed by atoms with E-state index < -0.39 is 0 Å². The SMILES string of the molecule is CCc1nn(C)cc1-c1cc(N)nc(N)n1. The van der Waals surface area contributed by atoms with Gasteiger partial charge in [-0.25, -0.2) is 4.98 Å². The smallest absolute Gasteiger partial charge is 0.222 e. The Bertz CT molecular complexity index is 496. The summed E-state index contributed by atoms with van der Waals surface area (Å²) in [5.41, 5.74) is 13.8. The molecule has 0 spiro atoms. The van der Waals surface area contributed by atoms with Crippen LogP contribution < -0.4 is 11.5 Å². The van der Waals surface area contributed by atoms with E-state index >= 15 is 0 Å². The summed E-state index contributed by atoms with van der Waals surface area (Å²) in [7, 11) is 1.87. The molecule has 16 heavy (non-hydrogen) atoms. The molecule has 0 saturated carbocycles. The third-order valence-electron chi connectivity index (χ3n) is 2.28. The van der Waals surface area contributed by atoms with Gasteiger partial charge >= 0.3 is 0 Å². The molecule has 4 N–H and O–H groups in total. The monoisotopic (exact) mass is 218 g/mol. The Labute approximate surface area is 93.3 Å². The van der Waals surface area contributed by atoms with Crippen LogP contribution in [0.4, 0.5) is 11.8 Å². The lowest BCUT2D eigenvalue weighted by Gasteiger charge is -2.02. The first-order valence-corrected chi connectivity index (χ1v) is 5.03. The van der Waals surface area contributed by atoms with Crippen molar-refractivity contribution in [3.05, 3.63) is 18.0 Å². The number of anilines is 2. The van der Waals surface area contributed by atoms with Crippen LogP contribution in [0.15, 0.2) is 12.3 Å². The zero-order chi connectivity index (χ0) is 11.7. The standard InChI is InChI=1S/C10H14N6/c1-3-7-6(5-16(2)15-7)8-4-9(11)14-10(12)13-8/h4-5H,3H2,1-2H3,(H4,11,12,13,14). The molecular weight excluding hydrogens is 204 g/mol. The molecule has 0 saturated heterocycles. The molecule has 2 rings (SSSR count). The molecule has 6 heteroatoms. The number of rotatable bonds is 2. The van der Waals surface area contributed by atoms with Crippen LogP contribution in [-0.2, 0) is 13.5 Å². The van der Waals surface area contributed by atoms with Crippen molar-refractivity contribution < 1.29 is 0 Å². The second-order valence-corrected chi connectivity index (χ2v) is 3.55. The highest BCUT2D eigenvalue weighted by Gasteiger charge is 2.11. The molecule has 2 aromatic rings. The first-order valence-electron chi connectivity index (χ1n) is 5.03. The molecule has 0 aliphatic heterocycles. The fraction of sp³-hybridized carbons (Fsp3) is 0.300. The van der Waals surface area contributed by atoms with E-state index in [1.54, 1.807) is 10.7 Å². The number of aryl methyl sites for hydroxylation is 2. The molecule has 0 aromatic carbocycles. The van der Waals surface area contributed by atoms with Gasteiger partial charge in [-0.3, -0.25) is 4.68 Å². The lowest BCUT2D eigenvalue weighted by Crippen LogP contribution is -2.01.